The number of hydrogen-bond acceptors (Lipinski definition) is 5. The molecule has 1 fully saturated rings. The van der Waals surface area contributed by atoms with Gasteiger partial charge in [-0.1, -0.05) is 26.0 Å². The maximum absolute atomic E-state index is 14.3. The summed E-state index contributed by atoms with van der Waals surface area (Å²) in [5.41, 5.74) is 1.09. The molecule has 1 aliphatic rings. The number of nitrogens with zero attached hydrogens (tertiary/aromatic N) is 1. The van der Waals surface area contributed by atoms with Crippen molar-refractivity contribution < 1.29 is 27.1 Å². The van der Waals surface area contributed by atoms with E-state index in [0.29, 0.717) is 11.7 Å². The Morgan fingerprint density at radius 3 is 2.45 bits per heavy atom. The molecule has 1 heterocycles. The average Bonchev–Trinajstić information content (AvgIpc) is 2.74. The number of sulfonamides is 1. The van der Waals surface area contributed by atoms with Crippen molar-refractivity contribution in [3.63, 3.8) is 0 Å². The predicted octanol–water partition coefficient (Wildman–Crippen LogP) is 3.58. The maximum Gasteiger partial charge on any atom is 0.343 e. The van der Waals surface area contributed by atoms with Crippen LogP contribution in [0.1, 0.15) is 42.1 Å². The van der Waals surface area contributed by atoms with Gasteiger partial charge in [0.15, 0.2) is 0 Å². The number of morpholine rings is 1. The topological polar surface area (TPSA) is 72.9 Å². The van der Waals surface area contributed by atoms with E-state index in [4.69, 9.17) is 9.47 Å². The molecule has 8 heteroatoms. The lowest BCUT2D eigenvalue weighted by Crippen LogP contribution is -2.41. The fraction of sp³-hybridized carbons (Fsp3) is 0.381. The molecule has 29 heavy (non-hydrogen) atoms. The van der Waals surface area contributed by atoms with Crippen molar-refractivity contribution >= 4 is 16.0 Å². The van der Waals surface area contributed by atoms with E-state index in [1.807, 2.05) is 12.1 Å². The van der Waals surface area contributed by atoms with Gasteiger partial charge in [-0.25, -0.2) is 17.6 Å². The minimum Gasteiger partial charge on any atom is -0.423 e. The summed E-state index contributed by atoms with van der Waals surface area (Å²) in [5, 5.41) is 0. The molecule has 6 nitrogen and oxygen atoms in total. The SMILES string of the molecule is CC[C@H](C)c1ccc(OC(=O)c2ccc(F)c(S(=O)(=O)N3CCOCC3)c2)cc1. The molecule has 0 saturated carbocycles. The van der Waals surface area contributed by atoms with E-state index < -0.39 is 26.7 Å². The number of halogens is 1. The molecule has 0 spiro atoms. The van der Waals surface area contributed by atoms with Gasteiger partial charge in [0.1, 0.15) is 16.5 Å². The van der Waals surface area contributed by atoms with E-state index in [2.05, 4.69) is 13.8 Å². The van der Waals surface area contributed by atoms with E-state index >= 15 is 0 Å². The van der Waals surface area contributed by atoms with E-state index in [0.717, 1.165) is 28.4 Å². The molecule has 1 aliphatic heterocycles. The highest BCUT2D eigenvalue weighted by atomic mass is 32.2. The predicted molar refractivity (Wildman–Crippen MR) is 106 cm³/mol. The first-order valence-corrected chi connectivity index (χ1v) is 11.0. The molecular formula is C21H24FNO5S. The zero-order valence-electron chi connectivity index (χ0n) is 16.4. The second-order valence-electron chi connectivity index (χ2n) is 6.93. The molecule has 0 N–H and O–H groups in total. The monoisotopic (exact) mass is 421 g/mol. The second kappa shape index (κ2) is 9.02. The van der Waals surface area contributed by atoms with Crippen LogP contribution in [0.2, 0.25) is 0 Å². The molecule has 0 aliphatic carbocycles. The van der Waals surface area contributed by atoms with Crippen LogP contribution in [-0.2, 0) is 14.8 Å². The molecule has 0 bridgehead atoms. The van der Waals surface area contributed by atoms with E-state index in [1.54, 1.807) is 12.1 Å². The molecular weight excluding hydrogens is 397 g/mol. The van der Waals surface area contributed by atoms with Gasteiger partial charge in [0, 0.05) is 13.1 Å². The van der Waals surface area contributed by atoms with Crippen molar-refractivity contribution in [2.24, 2.45) is 0 Å². The molecule has 2 aromatic rings. The standard InChI is InChI=1S/C21H24FNO5S/c1-3-15(2)16-4-7-18(8-5-16)28-21(24)17-6-9-19(22)20(14-17)29(25,26)23-10-12-27-13-11-23/h4-9,14-15H,3,10-13H2,1-2H3/t15-/m0/s1. The molecule has 2 aromatic carbocycles. The van der Waals surface area contributed by atoms with Crippen molar-refractivity contribution in [3.8, 4) is 5.75 Å². The molecule has 156 valence electrons. The summed E-state index contributed by atoms with van der Waals surface area (Å²) in [4.78, 5) is 11.9. The zero-order valence-corrected chi connectivity index (χ0v) is 17.2. The summed E-state index contributed by atoms with van der Waals surface area (Å²) in [5.74, 6) is -0.931. The summed E-state index contributed by atoms with van der Waals surface area (Å²) >= 11 is 0. The van der Waals surface area contributed by atoms with Crippen LogP contribution in [0, 0.1) is 5.82 Å². The fourth-order valence-corrected chi connectivity index (χ4v) is 4.52. The largest absolute Gasteiger partial charge is 0.423 e. The third kappa shape index (κ3) is 4.83. The first kappa shape index (κ1) is 21.4. The van der Waals surface area contributed by atoms with Crippen molar-refractivity contribution in [1.82, 2.24) is 4.31 Å². The number of rotatable bonds is 6. The number of carbonyl (C=O) groups is 1. The third-order valence-electron chi connectivity index (χ3n) is 5.03. The second-order valence-corrected chi connectivity index (χ2v) is 8.84. The lowest BCUT2D eigenvalue weighted by molar-refractivity contribution is 0.0726. The van der Waals surface area contributed by atoms with Gasteiger partial charge in [0.25, 0.3) is 0 Å². The van der Waals surface area contributed by atoms with Gasteiger partial charge in [0.2, 0.25) is 10.0 Å². The van der Waals surface area contributed by atoms with Gasteiger partial charge < -0.3 is 9.47 Å². The maximum atomic E-state index is 14.3. The minimum absolute atomic E-state index is 0.0377. The summed E-state index contributed by atoms with van der Waals surface area (Å²) in [7, 11) is -4.07. The lowest BCUT2D eigenvalue weighted by atomic mass is 9.99. The van der Waals surface area contributed by atoms with Gasteiger partial charge in [-0.2, -0.15) is 4.31 Å². The summed E-state index contributed by atoms with van der Waals surface area (Å²) in [6.07, 6.45) is 0.995. The van der Waals surface area contributed by atoms with Crippen LogP contribution in [0.3, 0.4) is 0 Å². The smallest absolute Gasteiger partial charge is 0.343 e. The highest BCUT2D eigenvalue weighted by Crippen LogP contribution is 2.24. The molecule has 0 radical (unpaired) electrons. The van der Waals surface area contributed by atoms with Gasteiger partial charge >= 0.3 is 5.97 Å². The number of carbonyl (C=O) groups excluding carboxylic acids is 1. The number of ether oxygens (including phenoxy) is 2. The van der Waals surface area contributed by atoms with Crippen LogP contribution in [0.5, 0.6) is 5.75 Å². The normalized spacial score (nSPS) is 16.4. The highest BCUT2D eigenvalue weighted by Gasteiger charge is 2.30. The number of benzene rings is 2. The Balaban J connectivity index is 1.80. The van der Waals surface area contributed by atoms with E-state index in [9.17, 15) is 17.6 Å². The molecule has 0 aromatic heterocycles. The number of hydrogen-bond donors (Lipinski definition) is 0. The van der Waals surface area contributed by atoms with Crippen LogP contribution < -0.4 is 4.74 Å². The zero-order chi connectivity index (χ0) is 21.0. The van der Waals surface area contributed by atoms with Crippen molar-refractivity contribution in [2.75, 3.05) is 26.3 Å². The first-order chi connectivity index (χ1) is 13.8. The van der Waals surface area contributed by atoms with Gasteiger partial charge in [0.05, 0.1) is 18.8 Å². The van der Waals surface area contributed by atoms with Crippen molar-refractivity contribution in [1.29, 1.82) is 0 Å². The van der Waals surface area contributed by atoms with Crippen LogP contribution in [0.4, 0.5) is 4.39 Å². The summed E-state index contributed by atoms with van der Waals surface area (Å²) in [6, 6.07) is 10.4. The van der Waals surface area contributed by atoms with E-state index in [1.165, 1.54) is 6.07 Å². The molecule has 1 atom stereocenters. The Bertz CT molecular complexity index is 969. The Morgan fingerprint density at radius 2 is 1.83 bits per heavy atom. The third-order valence-corrected chi connectivity index (χ3v) is 6.94. The fourth-order valence-electron chi connectivity index (χ4n) is 3.02. The molecule has 3 rings (SSSR count). The van der Waals surface area contributed by atoms with Crippen molar-refractivity contribution in [2.45, 2.75) is 31.1 Å². The minimum atomic E-state index is -4.07. The summed E-state index contributed by atoms with van der Waals surface area (Å²) in [6.45, 7) is 4.97. The van der Waals surface area contributed by atoms with Crippen LogP contribution in [0.15, 0.2) is 47.4 Å². The van der Waals surface area contributed by atoms with Gasteiger partial charge in [-0.05, 0) is 48.2 Å². The Morgan fingerprint density at radius 1 is 1.17 bits per heavy atom. The van der Waals surface area contributed by atoms with Gasteiger partial charge in [-0.3, -0.25) is 0 Å². The Labute approximate surface area is 170 Å². The summed E-state index contributed by atoms with van der Waals surface area (Å²) < 4.78 is 51.4. The quantitative estimate of drug-likeness (QED) is 0.527. The van der Waals surface area contributed by atoms with Crippen LogP contribution in [-0.4, -0.2) is 45.0 Å². The first-order valence-electron chi connectivity index (χ1n) is 9.52. The van der Waals surface area contributed by atoms with Crippen LogP contribution >= 0.6 is 0 Å². The molecule has 1 saturated heterocycles. The highest BCUT2D eigenvalue weighted by molar-refractivity contribution is 7.89. The Kier molecular flexibility index (Phi) is 6.66. The number of esters is 1. The van der Waals surface area contributed by atoms with Gasteiger partial charge in [-0.15, -0.1) is 0 Å². The Hall–Kier alpha value is -2.29. The van der Waals surface area contributed by atoms with Crippen LogP contribution in [0.25, 0.3) is 0 Å². The molecule has 0 amide bonds. The van der Waals surface area contributed by atoms with E-state index in [-0.39, 0.29) is 31.9 Å². The molecule has 0 unspecified atom stereocenters. The average molecular weight is 421 g/mol. The lowest BCUT2D eigenvalue weighted by Gasteiger charge is -2.26. The van der Waals surface area contributed by atoms with Crippen molar-refractivity contribution in [3.05, 3.63) is 59.4 Å².